The highest BCUT2D eigenvalue weighted by atomic mass is 31.2. The van der Waals surface area contributed by atoms with Gasteiger partial charge < -0.3 is 19.6 Å². The second-order valence-corrected chi connectivity index (χ2v) is 8.71. The van der Waals surface area contributed by atoms with E-state index < -0.39 is 7.82 Å². The highest BCUT2D eigenvalue weighted by molar-refractivity contribution is 7.45. The smallest absolute Gasteiger partial charge is 0.314 e. The van der Waals surface area contributed by atoms with E-state index >= 15 is 0 Å². The molecule has 0 aromatic heterocycles. The molecule has 0 unspecified atom stereocenters. The van der Waals surface area contributed by atoms with Crippen LogP contribution in [-0.4, -0.2) is 21.3 Å². The first-order valence-corrected chi connectivity index (χ1v) is 13.8. The van der Waals surface area contributed by atoms with Crippen LogP contribution in [-0.2, 0) is 49.6 Å². The van der Waals surface area contributed by atoms with Crippen LogP contribution in [0.15, 0.2) is 12.3 Å². The molecule has 0 bridgehead atoms. The first kappa shape index (κ1) is 36.5. The number of unbranched alkanes of at least 4 members (excludes halogenated alkanes) is 15. The summed E-state index contributed by atoms with van der Waals surface area (Å²) < 4.78 is 8.88. The molecular formula is C21H45O13P. The van der Waals surface area contributed by atoms with Gasteiger partial charge in [0.25, 0.3) is 0 Å². The number of allylic oxidation sites excluding steroid dienone is 1. The summed E-state index contributed by atoms with van der Waals surface area (Å²) in [5.74, 6) is 0. The van der Waals surface area contributed by atoms with E-state index in [1.54, 1.807) is 13.0 Å². The molecule has 0 heterocycles. The minimum atomic E-state index is -4.64. The van der Waals surface area contributed by atoms with Crippen molar-refractivity contribution >= 4 is 7.82 Å². The van der Waals surface area contributed by atoms with Crippen LogP contribution in [0.1, 0.15) is 117 Å². The van der Waals surface area contributed by atoms with Gasteiger partial charge in [-0.15, -0.1) is 0 Å². The van der Waals surface area contributed by atoms with E-state index in [1.807, 2.05) is 0 Å². The van der Waals surface area contributed by atoms with E-state index in [2.05, 4.69) is 47.1 Å². The summed E-state index contributed by atoms with van der Waals surface area (Å²) >= 11 is 0. The van der Waals surface area contributed by atoms with Crippen molar-refractivity contribution in [2.75, 3.05) is 6.61 Å². The van der Waals surface area contributed by atoms with Crippen LogP contribution in [0.2, 0.25) is 0 Å². The molecule has 0 aliphatic heterocycles. The summed E-state index contributed by atoms with van der Waals surface area (Å²) in [4.78, 5) is 30.6. The van der Waals surface area contributed by atoms with Gasteiger partial charge >= 0.3 is 7.82 Å². The van der Waals surface area contributed by atoms with E-state index in [4.69, 9.17) is 24.1 Å². The van der Waals surface area contributed by atoms with Crippen molar-refractivity contribution in [1.29, 1.82) is 0 Å². The Bertz CT molecular complexity index is 454. The monoisotopic (exact) mass is 536 g/mol. The topological polar surface area (TPSA) is 161 Å². The highest BCUT2D eigenvalue weighted by Gasteiger charge is 2.00. The quantitative estimate of drug-likeness (QED) is 0.0370. The molecule has 212 valence electrons. The first-order chi connectivity index (χ1) is 16.9. The molecule has 0 aromatic carbocycles. The standard InChI is InChI=1S/C21H42O9.H3O4P/c1-3-5-6-7-8-9-10-11-12-13-14-15-16-17-18-19-21-23-25-27-29-30-28-26-24-22-20-4-2;1-5(2,3)4/h4,20H,3,5-19,21H2,1-2H3;(H3,1,2,3,4). The molecule has 0 spiro atoms. The summed E-state index contributed by atoms with van der Waals surface area (Å²) in [6.45, 7) is 4.37. The van der Waals surface area contributed by atoms with Crippen molar-refractivity contribution in [3.8, 4) is 0 Å². The Kier molecular flexibility index (Phi) is 32.7. The second-order valence-electron chi connectivity index (χ2n) is 7.68. The molecule has 0 aliphatic rings. The van der Waals surface area contributed by atoms with Crippen molar-refractivity contribution < 1.29 is 64.3 Å². The molecule has 0 atom stereocenters. The highest BCUT2D eigenvalue weighted by Crippen LogP contribution is 2.25. The molecule has 0 fully saturated rings. The number of hydrogen-bond donors (Lipinski definition) is 3. The van der Waals surface area contributed by atoms with Gasteiger partial charge in [-0.1, -0.05) is 103 Å². The Morgan fingerprint density at radius 2 is 0.914 bits per heavy atom. The number of phosphoric acid groups is 1. The summed E-state index contributed by atoms with van der Waals surface area (Å²) in [5, 5.41) is 27.8. The zero-order valence-electron chi connectivity index (χ0n) is 21.0. The van der Waals surface area contributed by atoms with Crippen LogP contribution < -0.4 is 0 Å². The lowest BCUT2D eigenvalue weighted by atomic mass is 10.0. The van der Waals surface area contributed by atoms with Gasteiger partial charge in [0.2, 0.25) is 0 Å². The lowest BCUT2D eigenvalue weighted by molar-refractivity contribution is -0.829. The third-order valence-electron chi connectivity index (χ3n) is 4.53. The lowest BCUT2D eigenvalue weighted by Gasteiger charge is -2.03. The Hall–Kier alpha value is -0.670. The third-order valence-corrected chi connectivity index (χ3v) is 4.53. The van der Waals surface area contributed by atoms with Gasteiger partial charge in [-0.2, -0.15) is 0 Å². The average Bonchev–Trinajstić information content (AvgIpc) is 2.80. The summed E-state index contributed by atoms with van der Waals surface area (Å²) in [7, 11) is -4.64. The van der Waals surface area contributed by atoms with Crippen molar-refractivity contribution in [2.45, 2.75) is 117 Å². The fourth-order valence-electron chi connectivity index (χ4n) is 2.91. The molecule has 0 amide bonds. The molecule has 13 nitrogen and oxygen atoms in total. The van der Waals surface area contributed by atoms with Crippen molar-refractivity contribution in [2.24, 2.45) is 0 Å². The fourth-order valence-corrected chi connectivity index (χ4v) is 2.91. The normalized spacial score (nSPS) is 11.6. The summed E-state index contributed by atoms with van der Waals surface area (Å²) in [6, 6.07) is 0. The molecule has 0 saturated heterocycles. The Morgan fingerprint density at radius 1 is 0.571 bits per heavy atom. The Morgan fingerprint density at radius 3 is 1.31 bits per heavy atom. The minimum Gasteiger partial charge on any atom is -0.314 e. The van der Waals surface area contributed by atoms with Crippen molar-refractivity contribution in [3.63, 3.8) is 0 Å². The van der Waals surface area contributed by atoms with Crippen molar-refractivity contribution in [1.82, 2.24) is 0 Å². The van der Waals surface area contributed by atoms with E-state index in [1.165, 1.54) is 96.2 Å². The molecule has 0 radical (unpaired) electrons. The molecule has 0 aromatic rings. The number of rotatable bonds is 26. The zero-order chi connectivity index (χ0) is 26.3. The van der Waals surface area contributed by atoms with Gasteiger partial charge in [-0.3, -0.25) is 0 Å². The number of hydrogen-bond acceptors (Lipinski definition) is 10. The van der Waals surface area contributed by atoms with Crippen LogP contribution in [0.4, 0.5) is 0 Å². The van der Waals surface area contributed by atoms with Gasteiger partial charge in [0.05, 0.1) is 6.61 Å². The summed E-state index contributed by atoms with van der Waals surface area (Å²) in [6.07, 6.45) is 23.8. The molecule has 0 rings (SSSR count). The predicted molar refractivity (Wildman–Crippen MR) is 123 cm³/mol. The average molecular weight is 537 g/mol. The molecule has 0 saturated carbocycles. The van der Waals surface area contributed by atoms with E-state index in [0.29, 0.717) is 6.61 Å². The van der Waals surface area contributed by atoms with Crippen LogP contribution >= 0.6 is 7.82 Å². The van der Waals surface area contributed by atoms with Gasteiger partial charge in [0.1, 0.15) is 6.26 Å². The second kappa shape index (κ2) is 31.4. The fraction of sp³-hybridized carbons (Fsp3) is 0.905. The van der Waals surface area contributed by atoms with Crippen LogP contribution in [0.25, 0.3) is 0 Å². The maximum absolute atomic E-state index is 8.88. The lowest BCUT2D eigenvalue weighted by Crippen LogP contribution is -2.02. The maximum atomic E-state index is 8.88. The first-order valence-electron chi connectivity index (χ1n) is 12.3. The minimum absolute atomic E-state index is 0.388. The van der Waals surface area contributed by atoms with Gasteiger partial charge in [-0.05, 0) is 34.5 Å². The molecular weight excluding hydrogens is 491 g/mol. The SMILES string of the molecule is CC=COOOOOOOOOCCCCCCCCCCCCCCCCCC.O=P(O)(O)O. The van der Waals surface area contributed by atoms with E-state index in [9.17, 15) is 0 Å². The van der Waals surface area contributed by atoms with E-state index in [0.717, 1.165) is 12.8 Å². The van der Waals surface area contributed by atoms with Crippen LogP contribution in [0.3, 0.4) is 0 Å². The third kappa shape index (κ3) is 47.2. The van der Waals surface area contributed by atoms with Gasteiger partial charge in [0.15, 0.2) is 0 Å². The molecule has 14 heteroatoms. The predicted octanol–water partition coefficient (Wildman–Crippen LogP) is 6.32. The van der Waals surface area contributed by atoms with Gasteiger partial charge in [0, 0.05) is 20.2 Å². The maximum Gasteiger partial charge on any atom is 0.466 e. The van der Waals surface area contributed by atoms with E-state index in [-0.39, 0.29) is 0 Å². The van der Waals surface area contributed by atoms with Gasteiger partial charge in [-0.25, -0.2) is 9.45 Å². The largest absolute Gasteiger partial charge is 0.466 e. The van der Waals surface area contributed by atoms with Crippen LogP contribution in [0, 0.1) is 0 Å². The molecule has 3 N–H and O–H groups in total. The molecule has 35 heavy (non-hydrogen) atoms. The summed E-state index contributed by atoms with van der Waals surface area (Å²) in [5.41, 5.74) is 0. The van der Waals surface area contributed by atoms with Crippen molar-refractivity contribution in [3.05, 3.63) is 12.3 Å². The zero-order valence-corrected chi connectivity index (χ0v) is 21.9. The Balaban J connectivity index is 0. The molecule has 0 aliphatic carbocycles. The van der Waals surface area contributed by atoms with Crippen LogP contribution in [0.5, 0.6) is 0 Å². The Labute approximate surface area is 208 Å².